The molecule has 3 amide bonds. The highest BCUT2D eigenvalue weighted by Gasteiger charge is 2.55. The Bertz CT molecular complexity index is 692. The van der Waals surface area contributed by atoms with E-state index in [4.69, 9.17) is 10.4 Å². The lowest BCUT2D eigenvalue weighted by atomic mass is 9.90. The molecular formula is C15H15N3O4. The van der Waals surface area contributed by atoms with Crippen LogP contribution >= 0.6 is 0 Å². The van der Waals surface area contributed by atoms with Gasteiger partial charge in [-0.3, -0.25) is 4.79 Å². The molecule has 1 heterocycles. The Labute approximate surface area is 127 Å². The number of imide groups is 1. The first-order valence-corrected chi connectivity index (χ1v) is 6.60. The SMILES string of the molecule is C[C@@H](C(=O)O)N1C(=O)N(C)[C@](C)(c2ccc(C#N)cc2)C1=O. The molecule has 0 radical (unpaired) electrons. The number of carbonyl (C=O) groups excluding carboxylic acids is 2. The normalized spacial score (nSPS) is 22.6. The summed E-state index contributed by atoms with van der Waals surface area (Å²) in [4.78, 5) is 38.1. The summed E-state index contributed by atoms with van der Waals surface area (Å²) in [6.45, 7) is 2.85. The van der Waals surface area contributed by atoms with Gasteiger partial charge in [0.25, 0.3) is 5.91 Å². The van der Waals surface area contributed by atoms with E-state index in [1.54, 1.807) is 31.2 Å². The number of nitriles is 1. The molecule has 0 saturated carbocycles. The van der Waals surface area contributed by atoms with Crippen molar-refractivity contribution in [2.75, 3.05) is 7.05 Å². The van der Waals surface area contributed by atoms with Crippen LogP contribution in [0.2, 0.25) is 0 Å². The van der Waals surface area contributed by atoms with Crippen molar-refractivity contribution in [1.82, 2.24) is 9.80 Å². The minimum atomic E-state index is -1.30. The number of rotatable bonds is 3. The first kappa shape index (κ1) is 15.5. The minimum absolute atomic E-state index is 0.433. The van der Waals surface area contributed by atoms with Gasteiger partial charge in [0.05, 0.1) is 11.6 Å². The van der Waals surface area contributed by atoms with Crippen LogP contribution in [0.25, 0.3) is 0 Å². The number of amides is 3. The van der Waals surface area contributed by atoms with E-state index < -0.39 is 29.5 Å². The van der Waals surface area contributed by atoms with Crippen LogP contribution in [0.4, 0.5) is 4.79 Å². The first-order valence-electron chi connectivity index (χ1n) is 6.60. The van der Waals surface area contributed by atoms with Gasteiger partial charge in [-0.25, -0.2) is 14.5 Å². The van der Waals surface area contributed by atoms with Crippen molar-refractivity contribution in [3.8, 4) is 6.07 Å². The molecule has 1 fully saturated rings. The third-order valence-electron chi connectivity index (χ3n) is 4.12. The van der Waals surface area contributed by atoms with Gasteiger partial charge in [-0.2, -0.15) is 5.26 Å². The summed E-state index contributed by atoms with van der Waals surface area (Å²) in [5, 5.41) is 17.9. The van der Waals surface area contributed by atoms with Crippen molar-refractivity contribution in [2.45, 2.75) is 25.4 Å². The lowest BCUT2D eigenvalue weighted by Crippen LogP contribution is -2.45. The van der Waals surface area contributed by atoms with Crippen LogP contribution in [0, 0.1) is 11.3 Å². The highest BCUT2D eigenvalue weighted by Crippen LogP contribution is 2.37. The third-order valence-corrected chi connectivity index (χ3v) is 4.12. The molecule has 1 aliphatic rings. The van der Waals surface area contributed by atoms with Crippen molar-refractivity contribution in [1.29, 1.82) is 5.26 Å². The fraction of sp³-hybridized carbons (Fsp3) is 0.333. The van der Waals surface area contributed by atoms with Gasteiger partial charge in [0.15, 0.2) is 0 Å². The van der Waals surface area contributed by atoms with Gasteiger partial charge in [0.2, 0.25) is 0 Å². The molecule has 7 heteroatoms. The molecule has 1 N–H and O–H groups in total. The Morgan fingerprint density at radius 1 is 1.32 bits per heavy atom. The quantitative estimate of drug-likeness (QED) is 0.843. The van der Waals surface area contributed by atoms with Crippen LogP contribution in [-0.2, 0) is 15.1 Å². The largest absolute Gasteiger partial charge is 0.480 e. The Morgan fingerprint density at radius 3 is 2.32 bits per heavy atom. The molecule has 0 spiro atoms. The van der Waals surface area contributed by atoms with Crippen LogP contribution in [0.1, 0.15) is 25.0 Å². The van der Waals surface area contributed by atoms with Gasteiger partial charge in [-0.15, -0.1) is 0 Å². The lowest BCUT2D eigenvalue weighted by Gasteiger charge is -2.29. The second-order valence-corrected chi connectivity index (χ2v) is 5.29. The van der Waals surface area contributed by atoms with Crippen LogP contribution in [0.5, 0.6) is 0 Å². The maximum Gasteiger partial charge on any atom is 0.328 e. The van der Waals surface area contributed by atoms with Gasteiger partial charge >= 0.3 is 12.0 Å². The van der Waals surface area contributed by atoms with Gasteiger partial charge in [-0.1, -0.05) is 12.1 Å². The van der Waals surface area contributed by atoms with Crippen molar-refractivity contribution in [3.63, 3.8) is 0 Å². The fourth-order valence-electron chi connectivity index (χ4n) is 2.46. The van der Waals surface area contributed by atoms with E-state index in [0.717, 1.165) is 4.90 Å². The summed E-state index contributed by atoms with van der Waals surface area (Å²) in [6, 6.07) is 6.36. The third kappa shape index (κ3) is 2.00. The second-order valence-electron chi connectivity index (χ2n) is 5.29. The van der Waals surface area contributed by atoms with Crippen LogP contribution in [0.15, 0.2) is 24.3 Å². The number of hydrogen-bond acceptors (Lipinski definition) is 4. The maximum atomic E-state index is 12.7. The zero-order valence-corrected chi connectivity index (χ0v) is 12.4. The molecule has 2 rings (SSSR count). The average Bonchev–Trinajstić information content (AvgIpc) is 2.68. The Balaban J connectivity index is 2.49. The number of likely N-dealkylation sites (N-methyl/N-ethyl adjacent to an activating group) is 1. The zero-order chi connectivity index (χ0) is 16.7. The molecule has 22 heavy (non-hydrogen) atoms. The molecule has 1 aliphatic heterocycles. The smallest absolute Gasteiger partial charge is 0.328 e. The Hall–Kier alpha value is -2.88. The van der Waals surface area contributed by atoms with Crippen molar-refractivity contribution >= 4 is 17.9 Å². The summed E-state index contributed by atoms with van der Waals surface area (Å²) in [5.41, 5.74) is -0.343. The van der Waals surface area contributed by atoms with Crippen LogP contribution in [-0.4, -0.2) is 45.9 Å². The summed E-state index contributed by atoms with van der Waals surface area (Å²) in [7, 11) is 1.45. The number of aliphatic carboxylic acids is 1. The van der Waals surface area contributed by atoms with Crippen molar-refractivity contribution in [3.05, 3.63) is 35.4 Å². The van der Waals surface area contributed by atoms with Gasteiger partial charge < -0.3 is 10.0 Å². The molecule has 1 aromatic rings. The van der Waals surface area contributed by atoms with Gasteiger partial charge in [0.1, 0.15) is 11.6 Å². The number of urea groups is 1. The standard InChI is InChI=1S/C15H15N3O4/c1-9(12(19)20)18-13(21)15(2,17(3)14(18)22)11-6-4-10(8-16)5-7-11/h4-7,9H,1-3H3,(H,19,20)/t9-,15+/m0/s1. The van der Waals surface area contributed by atoms with Gasteiger partial charge in [0, 0.05) is 7.05 Å². The molecular weight excluding hydrogens is 286 g/mol. The monoisotopic (exact) mass is 301 g/mol. The van der Waals surface area contributed by atoms with E-state index in [0.29, 0.717) is 11.1 Å². The Kier molecular flexibility index (Phi) is 3.63. The van der Waals surface area contributed by atoms with E-state index in [-0.39, 0.29) is 0 Å². The fourth-order valence-corrected chi connectivity index (χ4v) is 2.46. The molecule has 1 saturated heterocycles. The van der Waals surface area contributed by atoms with E-state index in [9.17, 15) is 14.4 Å². The number of benzene rings is 1. The number of carboxylic acid groups (broad SMARTS) is 1. The number of carboxylic acids is 1. The first-order chi connectivity index (χ1) is 10.2. The summed E-state index contributed by atoms with van der Waals surface area (Å²) in [6.07, 6.45) is 0. The summed E-state index contributed by atoms with van der Waals surface area (Å²) < 4.78 is 0. The van der Waals surface area contributed by atoms with E-state index in [1.807, 2.05) is 6.07 Å². The molecule has 0 unspecified atom stereocenters. The predicted octanol–water partition coefficient (Wildman–Crippen LogP) is 1.14. The van der Waals surface area contributed by atoms with Crippen LogP contribution in [0.3, 0.4) is 0 Å². The molecule has 7 nitrogen and oxygen atoms in total. The zero-order valence-electron chi connectivity index (χ0n) is 12.4. The average molecular weight is 301 g/mol. The molecule has 2 atom stereocenters. The second kappa shape index (κ2) is 5.15. The van der Waals surface area contributed by atoms with Crippen molar-refractivity contribution in [2.24, 2.45) is 0 Å². The molecule has 1 aromatic carbocycles. The van der Waals surface area contributed by atoms with E-state index in [1.165, 1.54) is 18.9 Å². The highest BCUT2D eigenvalue weighted by atomic mass is 16.4. The number of nitrogens with zero attached hydrogens (tertiary/aromatic N) is 3. The highest BCUT2D eigenvalue weighted by molar-refractivity contribution is 6.09. The number of hydrogen-bond donors (Lipinski definition) is 1. The van der Waals surface area contributed by atoms with Crippen LogP contribution < -0.4 is 0 Å². The minimum Gasteiger partial charge on any atom is -0.480 e. The van der Waals surface area contributed by atoms with Gasteiger partial charge in [-0.05, 0) is 31.5 Å². The number of carbonyl (C=O) groups is 3. The van der Waals surface area contributed by atoms with E-state index >= 15 is 0 Å². The molecule has 0 aliphatic carbocycles. The Morgan fingerprint density at radius 2 is 1.86 bits per heavy atom. The summed E-state index contributed by atoms with van der Waals surface area (Å²) in [5.74, 6) is -1.85. The predicted molar refractivity (Wildman–Crippen MR) is 75.6 cm³/mol. The summed E-state index contributed by atoms with van der Waals surface area (Å²) >= 11 is 0. The topological polar surface area (TPSA) is 102 Å². The molecule has 0 bridgehead atoms. The van der Waals surface area contributed by atoms with Crippen molar-refractivity contribution < 1.29 is 19.5 Å². The lowest BCUT2D eigenvalue weighted by molar-refractivity contribution is -0.147. The molecule has 114 valence electrons. The maximum absolute atomic E-state index is 12.7. The van der Waals surface area contributed by atoms with E-state index in [2.05, 4.69) is 0 Å². The molecule has 0 aromatic heterocycles.